The molecule has 0 unspecified atom stereocenters. The predicted octanol–water partition coefficient (Wildman–Crippen LogP) is 1.84. The lowest BCUT2D eigenvalue weighted by atomic mass is 10.1. The minimum atomic E-state index is -4.38. The van der Waals surface area contributed by atoms with Crippen molar-refractivity contribution in [3.05, 3.63) is 110 Å². The molecular formula is C22H15F2IO3S. The van der Waals surface area contributed by atoms with Gasteiger partial charge < -0.3 is 4.55 Å². The van der Waals surface area contributed by atoms with E-state index in [0.29, 0.717) is 12.5 Å². The summed E-state index contributed by atoms with van der Waals surface area (Å²) in [5.74, 6) is -0.484. The van der Waals surface area contributed by atoms with Gasteiger partial charge in [0.25, 0.3) is 0 Å². The Kier molecular flexibility index (Phi) is 6.94. The molecule has 0 spiro atoms. The molecule has 0 saturated carbocycles. The van der Waals surface area contributed by atoms with E-state index in [9.17, 15) is 21.8 Å². The maximum atomic E-state index is 13.3. The molecule has 0 fully saturated rings. The van der Waals surface area contributed by atoms with Crippen LogP contribution in [0.4, 0.5) is 8.78 Å². The number of benzene rings is 4. The van der Waals surface area contributed by atoms with E-state index >= 15 is 0 Å². The third-order valence-electron chi connectivity index (χ3n) is 3.87. The number of rotatable bonds is 3. The summed E-state index contributed by atoms with van der Waals surface area (Å²) in [5, 5.41) is 1.23. The molecule has 0 heterocycles. The highest BCUT2D eigenvalue weighted by Gasteiger charge is 2.22. The monoisotopic (exact) mass is 524 g/mol. The Bertz CT molecular complexity index is 1190. The first-order valence-corrected chi connectivity index (χ1v) is 12.0. The first-order chi connectivity index (χ1) is 13.9. The summed E-state index contributed by atoms with van der Waals surface area (Å²) in [4.78, 5) is -0.157. The summed E-state index contributed by atoms with van der Waals surface area (Å²) < 4.78 is 60.6. The zero-order chi connectivity index (χ0) is 20.9. The van der Waals surface area contributed by atoms with Crippen molar-refractivity contribution in [2.75, 3.05) is 0 Å². The molecule has 0 bridgehead atoms. The predicted molar refractivity (Wildman–Crippen MR) is 102 cm³/mol. The molecule has 4 aromatic carbocycles. The van der Waals surface area contributed by atoms with Crippen LogP contribution >= 0.6 is 0 Å². The summed E-state index contributed by atoms with van der Waals surface area (Å²) in [6, 6.07) is 24.6. The van der Waals surface area contributed by atoms with Crippen LogP contribution in [0.2, 0.25) is 0 Å². The molecule has 0 aliphatic rings. The molecule has 148 valence electrons. The van der Waals surface area contributed by atoms with Gasteiger partial charge in [-0.2, -0.15) is 0 Å². The van der Waals surface area contributed by atoms with Crippen LogP contribution in [0, 0.1) is 18.8 Å². The molecular weight excluding hydrogens is 509 g/mol. The van der Waals surface area contributed by atoms with Crippen LogP contribution in [-0.4, -0.2) is 13.0 Å². The molecule has 3 nitrogen and oxygen atoms in total. The number of fused-ring (bicyclic) bond motifs is 1. The van der Waals surface area contributed by atoms with E-state index in [1.54, 1.807) is 72.8 Å². The quantitative estimate of drug-likeness (QED) is 0.304. The minimum absolute atomic E-state index is 0.157. The molecule has 0 amide bonds. The van der Waals surface area contributed by atoms with E-state index < -0.39 is 31.3 Å². The average Bonchev–Trinajstić information content (AvgIpc) is 2.71. The first-order valence-electron chi connectivity index (χ1n) is 8.44. The van der Waals surface area contributed by atoms with Gasteiger partial charge in [0.1, 0.15) is 10.1 Å². The summed E-state index contributed by atoms with van der Waals surface area (Å²) in [5.41, 5.74) is 0. The summed E-state index contributed by atoms with van der Waals surface area (Å²) >= 11 is -0.765. The first kappa shape index (κ1) is 21.4. The van der Waals surface area contributed by atoms with Crippen molar-refractivity contribution in [2.24, 2.45) is 0 Å². The Morgan fingerprint density at radius 3 is 1.69 bits per heavy atom. The number of hydrogen-bond donors (Lipinski definition) is 0. The fraction of sp³-hybridized carbons (Fsp3) is 0. The van der Waals surface area contributed by atoms with Gasteiger partial charge in [-0.25, -0.2) is 17.2 Å². The molecule has 0 aliphatic carbocycles. The Morgan fingerprint density at radius 2 is 1.14 bits per heavy atom. The average molecular weight is 524 g/mol. The van der Waals surface area contributed by atoms with E-state index in [-0.39, 0.29) is 16.5 Å². The third kappa shape index (κ3) is 5.59. The van der Waals surface area contributed by atoms with Gasteiger partial charge in [0, 0.05) is 0 Å². The van der Waals surface area contributed by atoms with E-state index in [0.717, 1.165) is 5.39 Å². The fourth-order valence-electron chi connectivity index (χ4n) is 2.56. The Labute approximate surface area is 178 Å². The third-order valence-corrected chi connectivity index (χ3v) is 7.68. The van der Waals surface area contributed by atoms with E-state index in [4.69, 9.17) is 0 Å². The fourth-order valence-corrected chi connectivity index (χ4v) is 5.53. The SMILES string of the molecule is Fc1ccccc1[I+]c1ccccc1F.O=S(=O)([O-])c1cccc2ccccc12. The van der Waals surface area contributed by atoms with Crippen LogP contribution in [-0.2, 0) is 10.1 Å². The van der Waals surface area contributed by atoms with Gasteiger partial charge >= 0.3 is 21.2 Å². The van der Waals surface area contributed by atoms with E-state index in [1.807, 2.05) is 0 Å². The number of halogens is 3. The highest BCUT2D eigenvalue weighted by molar-refractivity contribution is 7.86. The van der Waals surface area contributed by atoms with Gasteiger partial charge in [-0.3, -0.25) is 0 Å². The van der Waals surface area contributed by atoms with E-state index in [1.165, 1.54) is 18.2 Å². The second kappa shape index (κ2) is 9.43. The van der Waals surface area contributed by atoms with Crippen LogP contribution in [0.15, 0.2) is 95.9 Å². The summed E-state index contributed by atoms with van der Waals surface area (Å²) in [6.45, 7) is 0. The van der Waals surface area contributed by atoms with Crippen LogP contribution < -0.4 is 21.2 Å². The molecule has 7 heteroatoms. The zero-order valence-corrected chi connectivity index (χ0v) is 17.9. The second-order valence-electron chi connectivity index (χ2n) is 5.85. The number of hydrogen-bond acceptors (Lipinski definition) is 3. The molecule has 4 rings (SSSR count). The standard InChI is InChI=1S/C12H8F2I.C10H8O3S/c13-9-5-1-3-7-11(9)15-12-8-4-2-6-10(12)14;11-14(12,13)10-7-3-5-8-4-1-2-6-9(8)10/h1-8H;1-7H,(H,11,12,13)/q+1;/p-1. The molecule has 0 saturated heterocycles. The van der Waals surface area contributed by atoms with Gasteiger partial charge in [-0.05, 0) is 41.1 Å². The molecule has 0 N–H and O–H groups in total. The van der Waals surface area contributed by atoms with Crippen LogP contribution in [0.1, 0.15) is 0 Å². The van der Waals surface area contributed by atoms with Gasteiger partial charge in [-0.15, -0.1) is 0 Å². The van der Waals surface area contributed by atoms with Crippen molar-refractivity contribution in [1.29, 1.82) is 0 Å². The summed E-state index contributed by atoms with van der Waals surface area (Å²) in [7, 11) is -4.38. The highest BCUT2D eigenvalue weighted by atomic mass is 127. The van der Waals surface area contributed by atoms with Gasteiger partial charge in [0.2, 0.25) is 7.14 Å². The lowest BCUT2D eigenvalue weighted by molar-refractivity contribution is -0.603. The molecule has 0 aromatic heterocycles. The lowest BCUT2D eigenvalue weighted by Gasteiger charge is -2.09. The maximum absolute atomic E-state index is 13.3. The zero-order valence-electron chi connectivity index (χ0n) is 14.9. The van der Waals surface area contributed by atoms with Crippen molar-refractivity contribution >= 4 is 20.9 Å². The van der Waals surface area contributed by atoms with Crippen molar-refractivity contribution in [3.8, 4) is 0 Å². The molecule has 0 atom stereocenters. The van der Waals surface area contributed by atoms with Crippen molar-refractivity contribution in [1.82, 2.24) is 0 Å². The van der Waals surface area contributed by atoms with Gasteiger partial charge in [-0.1, -0.05) is 60.7 Å². The van der Waals surface area contributed by atoms with Gasteiger partial charge in [0.15, 0.2) is 11.6 Å². The molecule has 0 aliphatic heterocycles. The van der Waals surface area contributed by atoms with Crippen LogP contribution in [0.5, 0.6) is 0 Å². The van der Waals surface area contributed by atoms with Crippen LogP contribution in [0.25, 0.3) is 10.8 Å². The normalized spacial score (nSPS) is 11.0. The Morgan fingerprint density at radius 1 is 0.655 bits per heavy atom. The Balaban J connectivity index is 0.000000166. The molecule has 0 radical (unpaired) electrons. The minimum Gasteiger partial charge on any atom is -0.744 e. The largest absolute Gasteiger partial charge is 0.744 e. The van der Waals surface area contributed by atoms with Gasteiger partial charge in [0.05, 0.1) is 4.90 Å². The van der Waals surface area contributed by atoms with Crippen molar-refractivity contribution in [3.63, 3.8) is 0 Å². The van der Waals surface area contributed by atoms with Crippen LogP contribution in [0.3, 0.4) is 0 Å². The Hall–Kier alpha value is -2.36. The van der Waals surface area contributed by atoms with Crippen molar-refractivity contribution in [2.45, 2.75) is 4.90 Å². The topological polar surface area (TPSA) is 57.2 Å². The maximum Gasteiger partial charge on any atom is 0.364 e. The second-order valence-corrected chi connectivity index (χ2v) is 10.1. The lowest BCUT2D eigenvalue weighted by Crippen LogP contribution is -3.62. The summed E-state index contributed by atoms with van der Waals surface area (Å²) in [6.07, 6.45) is 0. The van der Waals surface area contributed by atoms with E-state index in [2.05, 4.69) is 0 Å². The van der Waals surface area contributed by atoms with Crippen molar-refractivity contribution < 1.29 is 43.0 Å². The molecule has 29 heavy (non-hydrogen) atoms. The molecule has 4 aromatic rings. The highest BCUT2D eigenvalue weighted by Crippen LogP contribution is 2.21. The smallest absolute Gasteiger partial charge is 0.364 e.